The van der Waals surface area contributed by atoms with E-state index in [-0.39, 0.29) is 5.95 Å². The van der Waals surface area contributed by atoms with Crippen LogP contribution < -0.4 is 16.0 Å². The third-order valence-electron chi connectivity index (χ3n) is 6.37. The van der Waals surface area contributed by atoms with Crippen molar-refractivity contribution in [1.82, 2.24) is 25.5 Å². The van der Waals surface area contributed by atoms with Crippen LogP contribution in [0.2, 0.25) is 0 Å². The van der Waals surface area contributed by atoms with Crippen LogP contribution in [0.1, 0.15) is 26.7 Å². The minimum Gasteiger partial charge on any atom is -0.481 e. The number of nitrogens with one attached hydrogen (secondary N) is 2. The van der Waals surface area contributed by atoms with Crippen molar-refractivity contribution in [3.63, 3.8) is 0 Å². The molecule has 0 unspecified atom stereocenters. The lowest BCUT2D eigenvalue weighted by molar-refractivity contribution is -0.135. The number of aromatic nitrogens is 4. The molecule has 1 aliphatic heterocycles. The molecule has 41 heavy (non-hydrogen) atoms. The maximum Gasteiger partial charge on any atom is 0.300 e. The molecule has 0 aliphatic carbocycles. The number of hydrogen-bond acceptors (Lipinski definition) is 9. The topological polar surface area (TPSA) is 170 Å². The summed E-state index contributed by atoms with van der Waals surface area (Å²) in [6, 6.07) is 17.2. The van der Waals surface area contributed by atoms with Gasteiger partial charge < -0.3 is 26.2 Å². The van der Waals surface area contributed by atoms with E-state index in [1.165, 1.54) is 15.0 Å². The Bertz CT molecular complexity index is 1580. The molecule has 0 saturated carbocycles. The van der Waals surface area contributed by atoms with Gasteiger partial charge in [0, 0.05) is 52.8 Å². The standard InChI is InChI=1S/C25H25N7S.2C2H4O2/c26-25-28-10-7-23(30-25)32(15-16-5-8-27-9-6-16)19-11-18-14-29-31-24(18)20(13-19)22-12-17-3-1-2-4-21(17)33-22;2*1-2(3)4/h1-4,7,10-14,16,27H,5-6,8-9,15H2,(H,29,31)(H2,26,28,30);2*1H3,(H,3,4). The van der Waals surface area contributed by atoms with Crippen LogP contribution in [0.4, 0.5) is 17.5 Å². The number of nitrogen functional groups attached to an aromatic ring is 1. The van der Waals surface area contributed by atoms with E-state index in [0.717, 1.165) is 74.3 Å². The third-order valence-corrected chi connectivity index (χ3v) is 7.52. The summed E-state index contributed by atoms with van der Waals surface area (Å²) in [6.45, 7) is 5.16. The van der Waals surface area contributed by atoms with Crippen molar-refractivity contribution in [1.29, 1.82) is 0 Å². The van der Waals surface area contributed by atoms with Gasteiger partial charge in [0.1, 0.15) is 5.82 Å². The van der Waals surface area contributed by atoms with Crippen LogP contribution >= 0.6 is 11.3 Å². The first-order chi connectivity index (χ1) is 19.7. The number of aliphatic carboxylic acids is 2. The van der Waals surface area contributed by atoms with Gasteiger partial charge in [0.15, 0.2) is 0 Å². The molecule has 0 bridgehead atoms. The first-order valence-electron chi connectivity index (χ1n) is 13.1. The number of hydrogen-bond donors (Lipinski definition) is 5. The molecule has 1 aliphatic rings. The van der Waals surface area contributed by atoms with Crippen molar-refractivity contribution in [2.45, 2.75) is 26.7 Å². The number of aromatic amines is 1. The summed E-state index contributed by atoms with van der Waals surface area (Å²) in [7, 11) is 0. The highest BCUT2D eigenvalue weighted by Gasteiger charge is 2.22. The highest BCUT2D eigenvalue weighted by Crippen LogP contribution is 2.40. The van der Waals surface area contributed by atoms with Gasteiger partial charge in [0.05, 0.1) is 11.7 Å². The lowest BCUT2D eigenvalue weighted by atomic mass is 9.97. The number of benzene rings is 2. The Labute approximate surface area is 241 Å². The van der Waals surface area contributed by atoms with Gasteiger partial charge in [-0.15, -0.1) is 11.3 Å². The molecular formula is C29H33N7O4S. The summed E-state index contributed by atoms with van der Waals surface area (Å²) < 4.78 is 1.28. The Hall–Kier alpha value is -4.55. The van der Waals surface area contributed by atoms with Crippen molar-refractivity contribution in [3.8, 4) is 10.4 Å². The van der Waals surface area contributed by atoms with E-state index < -0.39 is 11.9 Å². The molecule has 1 fully saturated rings. The summed E-state index contributed by atoms with van der Waals surface area (Å²) in [5, 5.41) is 28.2. The first kappa shape index (κ1) is 29.4. The molecule has 0 radical (unpaired) electrons. The molecule has 3 aromatic heterocycles. The van der Waals surface area contributed by atoms with Gasteiger partial charge in [0.2, 0.25) is 5.95 Å². The Balaban J connectivity index is 0.000000432. The Morgan fingerprint density at radius 1 is 1.05 bits per heavy atom. The fourth-order valence-electron chi connectivity index (χ4n) is 4.67. The summed E-state index contributed by atoms with van der Waals surface area (Å²) in [6.07, 6.45) is 5.92. The quantitative estimate of drug-likeness (QED) is 0.189. The number of nitrogens with zero attached hydrogens (tertiary/aromatic N) is 4. The van der Waals surface area contributed by atoms with Crippen molar-refractivity contribution in [2.75, 3.05) is 30.3 Å². The SMILES string of the molecule is CC(=O)O.CC(=O)O.Nc1nccc(N(CC2CCNCC2)c2cc(-c3cc4ccccc4s3)c3[nH]ncc3c2)n1. The van der Waals surface area contributed by atoms with Crippen LogP contribution in [0.15, 0.2) is 60.9 Å². The number of fused-ring (bicyclic) bond motifs is 2. The molecule has 12 heteroatoms. The Kier molecular flexibility index (Phi) is 9.82. The highest BCUT2D eigenvalue weighted by atomic mass is 32.1. The molecule has 4 heterocycles. The van der Waals surface area contributed by atoms with Gasteiger partial charge in [0.25, 0.3) is 11.9 Å². The smallest absolute Gasteiger partial charge is 0.300 e. The van der Waals surface area contributed by atoms with Crippen LogP contribution in [-0.4, -0.2) is 62.0 Å². The molecule has 11 nitrogen and oxygen atoms in total. The summed E-state index contributed by atoms with van der Waals surface area (Å²) in [4.78, 5) is 30.2. The van der Waals surface area contributed by atoms with Gasteiger partial charge in [-0.2, -0.15) is 10.1 Å². The zero-order valence-electron chi connectivity index (χ0n) is 22.9. The lowest BCUT2D eigenvalue weighted by Crippen LogP contribution is -2.34. The second-order valence-electron chi connectivity index (χ2n) is 9.59. The summed E-state index contributed by atoms with van der Waals surface area (Å²) in [5.41, 5.74) is 9.27. The third kappa shape index (κ3) is 7.99. The van der Waals surface area contributed by atoms with E-state index in [2.05, 4.69) is 72.8 Å². The minimum absolute atomic E-state index is 0.289. The van der Waals surface area contributed by atoms with Crippen molar-refractivity contribution in [2.24, 2.45) is 5.92 Å². The average Bonchev–Trinajstić information content (AvgIpc) is 3.58. The van der Waals surface area contributed by atoms with Crippen LogP contribution in [0.3, 0.4) is 0 Å². The number of piperidine rings is 1. The number of H-pyrrole nitrogens is 1. The van der Waals surface area contributed by atoms with Crippen LogP contribution in [-0.2, 0) is 9.59 Å². The molecule has 214 valence electrons. The first-order valence-corrected chi connectivity index (χ1v) is 13.9. The van der Waals surface area contributed by atoms with E-state index in [1.807, 2.05) is 12.3 Å². The normalized spacial score (nSPS) is 13.1. The van der Waals surface area contributed by atoms with Crippen LogP contribution in [0, 0.1) is 5.92 Å². The van der Waals surface area contributed by atoms with E-state index in [4.69, 9.17) is 25.5 Å². The predicted molar refractivity (Wildman–Crippen MR) is 163 cm³/mol. The molecule has 0 atom stereocenters. The van der Waals surface area contributed by atoms with Crippen LogP contribution in [0.5, 0.6) is 0 Å². The zero-order chi connectivity index (χ0) is 29.4. The highest BCUT2D eigenvalue weighted by molar-refractivity contribution is 7.22. The second-order valence-corrected chi connectivity index (χ2v) is 10.7. The number of carbonyl (C=O) groups is 2. The van der Waals surface area contributed by atoms with E-state index in [1.54, 1.807) is 17.5 Å². The van der Waals surface area contributed by atoms with Gasteiger partial charge >= 0.3 is 0 Å². The summed E-state index contributed by atoms with van der Waals surface area (Å²) >= 11 is 1.80. The molecule has 0 amide bonds. The number of carboxylic acids is 2. The molecule has 6 rings (SSSR count). The molecule has 0 spiro atoms. The van der Waals surface area contributed by atoms with Gasteiger partial charge in [-0.05, 0) is 67.6 Å². The fraction of sp³-hybridized carbons (Fsp3) is 0.276. The Morgan fingerprint density at radius 3 is 2.44 bits per heavy atom. The maximum atomic E-state index is 9.00. The zero-order valence-corrected chi connectivity index (χ0v) is 23.7. The summed E-state index contributed by atoms with van der Waals surface area (Å²) in [5.74, 6) is 0.0263. The largest absolute Gasteiger partial charge is 0.481 e. The van der Waals surface area contributed by atoms with Gasteiger partial charge in [-0.3, -0.25) is 14.7 Å². The molecule has 2 aromatic carbocycles. The van der Waals surface area contributed by atoms with Gasteiger partial charge in [-0.25, -0.2) is 4.98 Å². The molecular weight excluding hydrogens is 542 g/mol. The van der Waals surface area contributed by atoms with Gasteiger partial charge in [-0.1, -0.05) is 18.2 Å². The monoisotopic (exact) mass is 575 g/mol. The minimum atomic E-state index is -0.833. The van der Waals surface area contributed by atoms with Crippen molar-refractivity contribution < 1.29 is 19.8 Å². The maximum absolute atomic E-state index is 9.00. The fourth-order valence-corrected chi connectivity index (χ4v) is 5.76. The number of carboxylic acid groups (broad SMARTS) is 2. The average molecular weight is 576 g/mol. The van der Waals surface area contributed by atoms with Crippen LogP contribution in [0.25, 0.3) is 31.4 Å². The lowest BCUT2D eigenvalue weighted by Gasteiger charge is -2.31. The van der Waals surface area contributed by atoms with Crippen molar-refractivity contribution >= 4 is 61.7 Å². The van der Waals surface area contributed by atoms with Crippen molar-refractivity contribution in [3.05, 3.63) is 60.9 Å². The predicted octanol–water partition coefficient (Wildman–Crippen LogP) is 5.14. The Morgan fingerprint density at radius 2 is 1.76 bits per heavy atom. The van der Waals surface area contributed by atoms with E-state index >= 15 is 0 Å². The number of thiophene rings is 1. The number of anilines is 3. The van der Waals surface area contributed by atoms with E-state index in [0.29, 0.717) is 5.92 Å². The molecule has 1 saturated heterocycles. The second kappa shape index (κ2) is 13.7. The molecule has 6 N–H and O–H groups in total. The molecule has 5 aromatic rings. The van der Waals surface area contributed by atoms with E-state index in [9.17, 15) is 0 Å². The number of nitrogens with two attached hydrogens (primary N) is 1. The number of rotatable bonds is 5.